The molecule has 0 aromatic carbocycles. The highest BCUT2D eigenvalue weighted by molar-refractivity contribution is 8.00. The normalized spacial score (nSPS) is 19.8. The van der Waals surface area contributed by atoms with E-state index in [0.29, 0.717) is 5.75 Å². The van der Waals surface area contributed by atoms with Gasteiger partial charge in [-0.3, -0.25) is 9.59 Å². The van der Waals surface area contributed by atoms with E-state index in [-0.39, 0.29) is 23.8 Å². The Morgan fingerprint density at radius 1 is 1.59 bits per heavy atom. The first-order chi connectivity index (χ1) is 8.11. The smallest absolute Gasteiger partial charge is 0.325 e. The maximum absolute atomic E-state index is 11.7. The van der Waals surface area contributed by atoms with E-state index in [4.69, 9.17) is 0 Å². The number of hydrogen-bond donors (Lipinski definition) is 0. The molecule has 0 aliphatic carbocycles. The molecular weight excluding hydrogens is 258 g/mol. The molecule has 92 valence electrons. The molecule has 1 fully saturated rings. The van der Waals surface area contributed by atoms with E-state index in [1.807, 2.05) is 19.1 Å². The van der Waals surface area contributed by atoms with Crippen LogP contribution >= 0.6 is 23.1 Å². The Balaban J connectivity index is 2.16. The first kappa shape index (κ1) is 12.4. The standard InChI is InChI=1S/C11H13NO3S2/c1-7-3-4-8(17-7)11-12(5-10(14)15-2)9(13)6-16-11/h3-4,11H,5-6H2,1-2H3. The van der Waals surface area contributed by atoms with Gasteiger partial charge in [0.2, 0.25) is 5.91 Å². The molecule has 1 atom stereocenters. The van der Waals surface area contributed by atoms with E-state index in [1.54, 1.807) is 28.0 Å². The quantitative estimate of drug-likeness (QED) is 0.787. The summed E-state index contributed by atoms with van der Waals surface area (Å²) in [5.41, 5.74) is 0. The molecule has 1 aliphatic rings. The fourth-order valence-corrected chi connectivity index (χ4v) is 3.95. The third kappa shape index (κ3) is 2.63. The predicted molar refractivity (Wildman–Crippen MR) is 68.0 cm³/mol. The Bertz CT molecular complexity index is 444. The van der Waals surface area contributed by atoms with E-state index in [0.717, 1.165) is 4.88 Å². The number of nitrogens with zero attached hydrogens (tertiary/aromatic N) is 1. The van der Waals surface area contributed by atoms with E-state index in [1.165, 1.54) is 12.0 Å². The molecule has 1 unspecified atom stereocenters. The summed E-state index contributed by atoms with van der Waals surface area (Å²) in [5.74, 6) is 0.0501. The van der Waals surface area contributed by atoms with Gasteiger partial charge in [0.05, 0.1) is 12.9 Å². The van der Waals surface area contributed by atoms with Gasteiger partial charge >= 0.3 is 5.97 Å². The van der Waals surface area contributed by atoms with Crippen LogP contribution in [0.4, 0.5) is 0 Å². The molecule has 0 saturated carbocycles. The van der Waals surface area contributed by atoms with Crippen LogP contribution in [0.2, 0.25) is 0 Å². The van der Waals surface area contributed by atoms with Crippen LogP contribution < -0.4 is 0 Å². The van der Waals surface area contributed by atoms with Crippen molar-refractivity contribution in [1.82, 2.24) is 4.90 Å². The molecule has 1 aliphatic heterocycles. The average Bonchev–Trinajstić information content (AvgIpc) is 2.87. The number of carbonyl (C=O) groups is 2. The van der Waals surface area contributed by atoms with Crippen molar-refractivity contribution in [2.24, 2.45) is 0 Å². The number of esters is 1. The molecule has 0 spiro atoms. The van der Waals surface area contributed by atoms with Gasteiger partial charge in [-0.05, 0) is 19.1 Å². The molecule has 1 aromatic rings. The lowest BCUT2D eigenvalue weighted by molar-refractivity contribution is -0.146. The average molecular weight is 271 g/mol. The Morgan fingerprint density at radius 2 is 2.35 bits per heavy atom. The molecule has 4 nitrogen and oxygen atoms in total. The van der Waals surface area contributed by atoms with Crippen molar-refractivity contribution in [2.45, 2.75) is 12.3 Å². The lowest BCUT2D eigenvalue weighted by Gasteiger charge is -2.21. The lowest BCUT2D eigenvalue weighted by atomic mass is 10.4. The Kier molecular flexibility index (Phi) is 3.73. The van der Waals surface area contributed by atoms with Crippen LogP contribution in [0.3, 0.4) is 0 Å². The van der Waals surface area contributed by atoms with Gasteiger partial charge in [0, 0.05) is 9.75 Å². The second-order valence-electron chi connectivity index (χ2n) is 3.71. The largest absolute Gasteiger partial charge is 0.468 e. The molecule has 2 rings (SSSR count). The summed E-state index contributed by atoms with van der Waals surface area (Å²) in [6, 6.07) is 4.04. The molecule has 0 bridgehead atoms. The first-order valence-corrected chi connectivity index (χ1v) is 7.02. The van der Waals surface area contributed by atoms with Gasteiger partial charge in [-0.1, -0.05) is 0 Å². The number of ether oxygens (including phenoxy) is 1. The summed E-state index contributed by atoms with van der Waals surface area (Å²) in [5, 5.41) is -0.0414. The Hall–Kier alpha value is -1.01. The van der Waals surface area contributed by atoms with Gasteiger partial charge in [0.15, 0.2) is 0 Å². The number of aryl methyl sites for hydroxylation is 1. The highest BCUT2D eigenvalue weighted by atomic mass is 32.2. The van der Waals surface area contributed by atoms with Crippen molar-refractivity contribution in [2.75, 3.05) is 19.4 Å². The molecule has 2 heterocycles. The summed E-state index contributed by atoms with van der Waals surface area (Å²) >= 11 is 3.22. The monoisotopic (exact) mass is 271 g/mol. The van der Waals surface area contributed by atoms with E-state index < -0.39 is 0 Å². The number of rotatable bonds is 3. The minimum absolute atomic E-state index is 0.00328. The second kappa shape index (κ2) is 5.10. The third-order valence-corrected chi connectivity index (χ3v) is 4.94. The summed E-state index contributed by atoms with van der Waals surface area (Å²) < 4.78 is 4.61. The van der Waals surface area contributed by atoms with Crippen LogP contribution in [0.25, 0.3) is 0 Å². The van der Waals surface area contributed by atoms with Crippen LogP contribution in [-0.2, 0) is 14.3 Å². The minimum atomic E-state index is -0.376. The van der Waals surface area contributed by atoms with Crippen molar-refractivity contribution in [1.29, 1.82) is 0 Å². The topological polar surface area (TPSA) is 46.6 Å². The van der Waals surface area contributed by atoms with E-state index in [9.17, 15) is 9.59 Å². The van der Waals surface area contributed by atoms with Crippen LogP contribution in [0.15, 0.2) is 12.1 Å². The van der Waals surface area contributed by atoms with Gasteiger partial charge in [-0.15, -0.1) is 23.1 Å². The van der Waals surface area contributed by atoms with Gasteiger partial charge in [-0.2, -0.15) is 0 Å². The zero-order valence-electron chi connectivity index (χ0n) is 9.63. The minimum Gasteiger partial charge on any atom is -0.468 e. The fraction of sp³-hybridized carbons (Fsp3) is 0.455. The van der Waals surface area contributed by atoms with Gasteiger partial charge in [0.1, 0.15) is 11.9 Å². The van der Waals surface area contributed by atoms with Gasteiger partial charge in [-0.25, -0.2) is 0 Å². The molecular formula is C11H13NO3S2. The Morgan fingerprint density at radius 3 is 2.94 bits per heavy atom. The predicted octanol–water partition coefficient (Wildman–Crippen LogP) is 1.80. The van der Waals surface area contributed by atoms with Crippen LogP contribution in [-0.4, -0.2) is 36.2 Å². The Labute approximate surface area is 108 Å². The van der Waals surface area contributed by atoms with Crippen molar-refractivity contribution in [3.63, 3.8) is 0 Å². The maximum Gasteiger partial charge on any atom is 0.325 e. The van der Waals surface area contributed by atoms with Crippen molar-refractivity contribution >= 4 is 35.0 Å². The number of thioether (sulfide) groups is 1. The van der Waals surface area contributed by atoms with Gasteiger partial charge in [0.25, 0.3) is 0 Å². The van der Waals surface area contributed by atoms with Crippen molar-refractivity contribution < 1.29 is 14.3 Å². The number of amides is 1. The number of carbonyl (C=O) groups excluding carboxylic acids is 2. The first-order valence-electron chi connectivity index (χ1n) is 5.16. The summed E-state index contributed by atoms with van der Waals surface area (Å²) in [6.07, 6.45) is 0. The SMILES string of the molecule is COC(=O)CN1C(=O)CSC1c1ccc(C)s1. The summed E-state index contributed by atoms with van der Waals surface area (Å²) in [4.78, 5) is 26.9. The fourth-order valence-electron chi connectivity index (χ4n) is 1.65. The highest BCUT2D eigenvalue weighted by Crippen LogP contribution is 2.41. The number of methoxy groups -OCH3 is 1. The van der Waals surface area contributed by atoms with E-state index in [2.05, 4.69) is 4.74 Å². The molecule has 0 N–H and O–H groups in total. The summed E-state index contributed by atoms with van der Waals surface area (Å²) in [6.45, 7) is 2.06. The number of thiophene rings is 1. The van der Waals surface area contributed by atoms with Crippen LogP contribution in [0, 0.1) is 6.92 Å². The lowest BCUT2D eigenvalue weighted by Crippen LogP contribution is -2.33. The zero-order valence-corrected chi connectivity index (χ0v) is 11.3. The highest BCUT2D eigenvalue weighted by Gasteiger charge is 2.35. The third-order valence-electron chi connectivity index (χ3n) is 2.50. The van der Waals surface area contributed by atoms with Crippen molar-refractivity contribution in [3.8, 4) is 0 Å². The zero-order chi connectivity index (χ0) is 12.4. The molecule has 17 heavy (non-hydrogen) atoms. The molecule has 1 saturated heterocycles. The molecule has 1 aromatic heterocycles. The van der Waals surface area contributed by atoms with E-state index >= 15 is 0 Å². The van der Waals surface area contributed by atoms with Crippen LogP contribution in [0.1, 0.15) is 15.1 Å². The molecule has 0 radical (unpaired) electrons. The number of hydrogen-bond acceptors (Lipinski definition) is 5. The second-order valence-corrected chi connectivity index (χ2v) is 6.10. The molecule has 1 amide bonds. The molecule has 6 heteroatoms. The van der Waals surface area contributed by atoms with Crippen LogP contribution in [0.5, 0.6) is 0 Å². The summed E-state index contributed by atoms with van der Waals surface area (Å²) in [7, 11) is 1.33. The van der Waals surface area contributed by atoms with Crippen molar-refractivity contribution in [3.05, 3.63) is 21.9 Å². The maximum atomic E-state index is 11.7. The van der Waals surface area contributed by atoms with Gasteiger partial charge < -0.3 is 9.64 Å².